The lowest BCUT2D eigenvalue weighted by Crippen LogP contribution is -2.27. The van der Waals surface area contributed by atoms with Crippen molar-refractivity contribution in [3.63, 3.8) is 0 Å². The molecule has 2 aromatic carbocycles. The second-order valence-corrected chi connectivity index (χ2v) is 6.67. The summed E-state index contributed by atoms with van der Waals surface area (Å²) in [5.41, 5.74) is 2.40. The van der Waals surface area contributed by atoms with Gasteiger partial charge >= 0.3 is 0 Å². The monoisotopic (exact) mass is 366 g/mol. The van der Waals surface area contributed by atoms with Gasteiger partial charge in [-0.25, -0.2) is 0 Å². The van der Waals surface area contributed by atoms with Crippen molar-refractivity contribution in [2.45, 2.75) is 32.6 Å². The third-order valence-corrected chi connectivity index (χ3v) is 4.70. The Labute approximate surface area is 160 Å². The van der Waals surface area contributed by atoms with Gasteiger partial charge in [0.2, 0.25) is 5.91 Å². The number of ether oxygens (including phenoxy) is 1. The number of amides is 2. The first-order chi connectivity index (χ1) is 13.2. The minimum atomic E-state index is -0.0556. The summed E-state index contributed by atoms with van der Waals surface area (Å²) in [5.74, 6) is 0.843. The standard InChI is InChI=1S/C22H26N2O3/c1-2-27-20-8-4-3-7-17(20)11-14-21(25)23-19-12-9-18(10-13-19)22(26)24-15-5-6-16-24/h3-4,7-10,12-13H,2,5-6,11,14-16H2,1H3,(H,23,25). The average Bonchev–Trinajstić information content (AvgIpc) is 3.22. The number of aryl methyl sites for hydroxylation is 1. The maximum Gasteiger partial charge on any atom is 0.253 e. The smallest absolute Gasteiger partial charge is 0.253 e. The normalized spacial score (nSPS) is 13.4. The highest BCUT2D eigenvalue weighted by atomic mass is 16.5. The van der Waals surface area contributed by atoms with E-state index in [1.54, 1.807) is 24.3 Å². The predicted molar refractivity (Wildman–Crippen MR) is 106 cm³/mol. The van der Waals surface area contributed by atoms with Crippen LogP contribution in [0.2, 0.25) is 0 Å². The van der Waals surface area contributed by atoms with E-state index in [1.165, 1.54) is 0 Å². The number of carbonyl (C=O) groups is 2. The maximum atomic E-state index is 12.4. The molecule has 0 aliphatic carbocycles. The minimum absolute atomic E-state index is 0.0556. The number of carbonyl (C=O) groups excluding carboxylic acids is 2. The molecular formula is C22H26N2O3. The van der Waals surface area contributed by atoms with E-state index in [0.717, 1.165) is 37.2 Å². The van der Waals surface area contributed by atoms with Crippen molar-refractivity contribution < 1.29 is 14.3 Å². The number of benzene rings is 2. The average molecular weight is 366 g/mol. The molecule has 5 heteroatoms. The molecule has 3 rings (SSSR count). The van der Waals surface area contributed by atoms with Gasteiger partial charge in [0.15, 0.2) is 0 Å². The number of nitrogens with zero attached hydrogens (tertiary/aromatic N) is 1. The van der Waals surface area contributed by atoms with Crippen LogP contribution in [0.3, 0.4) is 0 Å². The molecule has 1 saturated heterocycles. The molecule has 0 atom stereocenters. The summed E-state index contributed by atoms with van der Waals surface area (Å²) in [7, 11) is 0. The highest BCUT2D eigenvalue weighted by Gasteiger charge is 2.19. The number of hydrogen-bond donors (Lipinski definition) is 1. The zero-order valence-electron chi connectivity index (χ0n) is 15.7. The molecule has 1 N–H and O–H groups in total. The lowest BCUT2D eigenvalue weighted by molar-refractivity contribution is -0.116. The Morgan fingerprint density at radius 2 is 1.74 bits per heavy atom. The van der Waals surface area contributed by atoms with Gasteiger partial charge in [0.25, 0.3) is 5.91 Å². The second-order valence-electron chi connectivity index (χ2n) is 6.67. The van der Waals surface area contributed by atoms with Crippen molar-refractivity contribution in [2.24, 2.45) is 0 Å². The van der Waals surface area contributed by atoms with E-state index in [-0.39, 0.29) is 11.8 Å². The summed E-state index contributed by atoms with van der Waals surface area (Å²) in [6.45, 7) is 4.22. The third-order valence-electron chi connectivity index (χ3n) is 4.70. The van der Waals surface area contributed by atoms with Crippen molar-refractivity contribution in [3.8, 4) is 5.75 Å². The number of rotatable bonds is 7. The van der Waals surface area contributed by atoms with Crippen LogP contribution in [0, 0.1) is 0 Å². The van der Waals surface area contributed by atoms with Crippen molar-refractivity contribution in [3.05, 3.63) is 59.7 Å². The Morgan fingerprint density at radius 1 is 1.04 bits per heavy atom. The van der Waals surface area contributed by atoms with Crippen molar-refractivity contribution in [1.29, 1.82) is 0 Å². The highest BCUT2D eigenvalue weighted by Crippen LogP contribution is 2.20. The molecule has 0 spiro atoms. The first-order valence-electron chi connectivity index (χ1n) is 9.57. The van der Waals surface area contributed by atoms with E-state index < -0.39 is 0 Å². The SMILES string of the molecule is CCOc1ccccc1CCC(=O)Nc1ccc(C(=O)N2CCCC2)cc1. The zero-order chi connectivity index (χ0) is 19.1. The Bertz CT molecular complexity index is 780. The lowest BCUT2D eigenvalue weighted by Gasteiger charge is -2.15. The summed E-state index contributed by atoms with van der Waals surface area (Å²) < 4.78 is 5.60. The number of para-hydroxylation sites is 1. The molecule has 1 aliphatic rings. The highest BCUT2D eigenvalue weighted by molar-refractivity contribution is 5.96. The molecule has 1 fully saturated rings. The maximum absolute atomic E-state index is 12.4. The topological polar surface area (TPSA) is 58.6 Å². The Balaban J connectivity index is 1.53. The first-order valence-corrected chi connectivity index (χ1v) is 9.57. The van der Waals surface area contributed by atoms with Crippen LogP contribution in [0.15, 0.2) is 48.5 Å². The zero-order valence-corrected chi connectivity index (χ0v) is 15.7. The van der Waals surface area contributed by atoms with E-state index in [9.17, 15) is 9.59 Å². The molecule has 27 heavy (non-hydrogen) atoms. The van der Waals surface area contributed by atoms with E-state index in [4.69, 9.17) is 4.74 Å². The summed E-state index contributed by atoms with van der Waals surface area (Å²) >= 11 is 0. The Hall–Kier alpha value is -2.82. The van der Waals surface area contributed by atoms with Gasteiger partial charge in [-0.3, -0.25) is 9.59 Å². The summed E-state index contributed by atoms with van der Waals surface area (Å²) in [4.78, 5) is 26.5. The quantitative estimate of drug-likeness (QED) is 0.809. The molecule has 2 amide bonds. The molecule has 0 unspecified atom stereocenters. The number of anilines is 1. The van der Waals surface area contributed by atoms with Crippen molar-refractivity contribution >= 4 is 17.5 Å². The van der Waals surface area contributed by atoms with Gasteiger partial charge in [0, 0.05) is 30.8 Å². The summed E-state index contributed by atoms with van der Waals surface area (Å²) in [6.07, 6.45) is 3.14. The predicted octanol–water partition coefficient (Wildman–Crippen LogP) is 3.89. The minimum Gasteiger partial charge on any atom is -0.494 e. The van der Waals surface area contributed by atoms with Crippen LogP contribution >= 0.6 is 0 Å². The van der Waals surface area contributed by atoms with E-state index in [1.807, 2.05) is 36.1 Å². The van der Waals surface area contributed by atoms with Crippen LogP contribution in [-0.2, 0) is 11.2 Å². The number of nitrogens with one attached hydrogen (secondary N) is 1. The molecule has 0 bridgehead atoms. The fraction of sp³-hybridized carbons (Fsp3) is 0.364. The van der Waals surface area contributed by atoms with E-state index in [0.29, 0.717) is 30.7 Å². The van der Waals surface area contributed by atoms with Crippen LogP contribution in [0.25, 0.3) is 0 Å². The molecular weight excluding hydrogens is 340 g/mol. The molecule has 0 radical (unpaired) electrons. The Morgan fingerprint density at radius 3 is 2.44 bits per heavy atom. The largest absolute Gasteiger partial charge is 0.494 e. The molecule has 1 heterocycles. The van der Waals surface area contributed by atoms with Gasteiger partial charge < -0.3 is 15.0 Å². The van der Waals surface area contributed by atoms with Crippen LogP contribution in [0.1, 0.15) is 42.1 Å². The second kappa shape index (κ2) is 9.21. The first kappa shape index (κ1) is 19.0. The van der Waals surface area contributed by atoms with E-state index >= 15 is 0 Å². The van der Waals surface area contributed by atoms with Crippen LogP contribution in [0.4, 0.5) is 5.69 Å². The molecule has 2 aromatic rings. The van der Waals surface area contributed by atoms with Crippen LogP contribution in [-0.4, -0.2) is 36.4 Å². The van der Waals surface area contributed by atoms with Gasteiger partial charge in [-0.15, -0.1) is 0 Å². The van der Waals surface area contributed by atoms with Crippen LogP contribution in [0.5, 0.6) is 5.75 Å². The van der Waals surface area contributed by atoms with Gasteiger partial charge in [-0.1, -0.05) is 18.2 Å². The molecule has 0 aromatic heterocycles. The molecule has 1 aliphatic heterocycles. The Kier molecular flexibility index (Phi) is 6.47. The van der Waals surface area contributed by atoms with Crippen molar-refractivity contribution in [1.82, 2.24) is 4.90 Å². The van der Waals surface area contributed by atoms with Crippen molar-refractivity contribution in [2.75, 3.05) is 25.0 Å². The molecule has 142 valence electrons. The van der Waals surface area contributed by atoms with Gasteiger partial charge in [0.1, 0.15) is 5.75 Å². The lowest BCUT2D eigenvalue weighted by atomic mass is 10.1. The van der Waals surface area contributed by atoms with Gasteiger partial charge in [-0.05, 0) is 62.1 Å². The molecule has 5 nitrogen and oxygen atoms in total. The fourth-order valence-electron chi connectivity index (χ4n) is 3.28. The summed E-state index contributed by atoms with van der Waals surface area (Å²) in [5, 5.41) is 2.89. The van der Waals surface area contributed by atoms with Gasteiger partial charge in [-0.2, -0.15) is 0 Å². The number of likely N-dealkylation sites (tertiary alicyclic amines) is 1. The van der Waals surface area contributed by atoms with Crippen LogP contribution < -0.4 is 10.1 Å². The van der Waals surface area contributed by atoms with Gasteiger partial charge in [0.05, 0.1) is 6.61 Å². The van der Waals surface area contributed by atoms with E-state index in [2.05, 4.69) is 5.32 Å². The third kappa shape index (κ3) is 5.09. The molecule has 0 saturated carbocycles. The summed E-state index contributed by atoms with van der Waals surface area (Å²) in [6, 6.07) is 14.9. The number of hydrogen-bond acceptors (Lipinski definition) is 3. The fourth-order valence-corrected chi connectivity index (χ4v) is 3.28.